The van der Waals surface area contributed by atoms with E-state index in [4.69, 9.17) is 23.8 Å². The summed E-state index contributed by atoms with van der Waals surface area (Å²) in [5.41, 5.74) is 4.42. The third kappa shape index (κ3) is 4.21. The zero-order valence-corrected chi connectivity index (χ0v) is 17.4. The van der Waals surface area contributed by atoms with E-state index in [0.29, 0.717) is 11.2 Å². The second kappa shape index (κ2) is 8.33. The average Bonchev–Trinajstić information content (AvgIpc) is 2.70. The van der Waals surface area contributed by atoms with Crippen molar-refractivity contribution >= 4 is 51.2 Å². The number of halogens is 1. The predicted octanol–water partition coefficient (Wildman–Crippen LogP) is 5.15. The van der Waals surface area contributed by atoms with Crippen LogP contribution in [-0.4, -0.2) is 29.2 Å². The Morgan fingerprint density at radius 1 is 1.14 bits per heavy atom. The van der Waals surface area contributed by atoms with Crippen LogP contribution in [0.15, 0.2) is 54.7 Å². The Kier molecular flexibility index (Phi) is 5.64. The standard InChI is InChI=1S/C22H23ClN4S/c1-15-4-2-3-5-19(15)26-22(28)25-17-9-12-27(13-10-17)21-8-11-24-20-7-6-16(23)14-18(20)21/h2-8,11,14,17H,9-10,12-13H2,1H3,(H2,25,26,28). The molecule has 4 rings (SSSR count). The molecule has 144 valence electrons. The molecule has 0 spiro atoms. The smallest absolute Gasteiger partial charge is 0.171 e. The summed E-state index contributed by atoms with van der Waals surface area (Å²) < 4.78 is 0. The zero-order valence-electron chi connectivity index (χ0n) is 15.8. The Bertz CT molecular complexity index is 999. The van der Waals surface area contributed by atoms with E-state index in [2.05, 4.69) is 39.6 Å². The Morgan fingerprint density at radius 2 is 1.93 bits per heavy atom. The maximum absolute atomic E-state index is 6.21. The first-order valence-corrected chi connectivity index (χ1v) is 10.3. The van der Waals surface area contributed by atoms with Crippen molar-refractivity contribution in [2.45, 2.75) is 25.8 Å². The second-order valence-corrected chi connectivity index (χ2v) is 8.01. The summed E-state index contributed by atoms with van der Waals surface area (Å²) in [7, 11) is 0. The van der Waals surface area contributed by atoms with Crippen LogP contribution >= 0.6 is 23.8 Å². The molecule has 3 aromatic rings. The van der Waals surface area contributed by atoms with Crippen molar-refractivity contribution in [2.75, 3.05) is 23.3 Å². The number of benzene rings is 2. The number of nitrogens with zero attached hydrogens (tertiary/aromatic N) is 2. The molecular weight excluding hydrogens is 388 g/mol. The van der Waals surface area contributed by atoms with Gasteiger partial charge in [-0.25, -0.2) is 0 Å². The van der Waals surface area contributed by atoms with Crippen LogP contribution in [0.1, 0.15) is 18.4 Å². The Morgan fingerprint density at radius 3 is 2.71 bits per heavy atom. The van der Waals surface area contributed by atoms with E-state index in [1.165, 1.54) is 11.3 Å². The first-order valence-electron chi connectivity index (χ1n) is 9.52. The fourth-order valence-corrected chi connectivity index (χ4v) is 4.15. The van der Waals surface area contributed by atoms with Crippen molar-refractivity contribution in [1.29, 1.82) is 0 Å². The van der Waals surface area contributed by atoms with E-state index >= 15 is 0 Å². The van der Waals surface area contributed by atoms with Gasteiger partial charge >= 0.3 is 0 Å². The van der Waals surface area contributed by atoms with Crippen LogP contribution in [0.5, 0.6) is 0 Å². The summed E-state index contributed by atoms with van der Waals surface area (Å²) in [6, 6.07) is 16.5. The molecule has 2 N–H and O–H groups in total. The first kappa shape index (κ1) is 19.0. The molecule has 2 heterocycles. The van der Waals surface area contributed by atoms with Crippen molar-refractivity contribution in [2.24, 2.45) is 0 Å². The summed E-state index contributed by atoms with van der Waals surface area (Å²) >= 11 is 11.7. The molecule has 0 amide bonds. The molecule has 0 radical (unpaired) electrons. The highest BCUT2D eigenvalue weighted by Crippen LogP contribution is 2.29. The lowest BCUT2D eigenvalue weighted by Gasteiger charge is -2.35. The average molecular weight is 411 g/mol. The molecule has 1 aliphatic heterocycles. The number of nitrogens with one attached hydrogen (secondary N) is 2. The SMILES string of the molecule is Cc1ccccc1NC(=S)NC1CCN(c2ccnc3ccc(Cl)cc23)CC1. The number of fused-ring (bicyclic) bond motifs is 1. The maximum atomic E-state index is 6.21. The number of anilines is 2. The molecule has 28 heavy (non-hydrogen) atoms. The molecule has 1 aromatic heterocycles. The largest absolute Gasteiger partial charge is 0.371 e. The van der Waals surface area contributed by atoms with Gasteiger partial charge in [0.25, 0.3) is 0 Å². The van der Waals surface area contributed by atoms with Crippen LogP contribution in [0.25, 0.3) is 10.9 Å². The summed E-state index contributed by atoms with van der Waals surface area (Å²) in [6.45, 7) is 4.02. The number of aromatic nitrogens is 1. The zero-order chi connectivity index (χ0) is 19.5. The van der Waals surface area contributed by atoms with E-state index in [1.807, 2.05) is 42.6 Å². The second-order valence-electron chi connectivity index (χ2n) is 7.17. The van der Waals surface area contributed by atoms with Gasteiger partial charge in [-0.1, -0.05) is 29.8 Å². The molecular formula is C22H23ClN4S. The van der Waals surface area contributed by atoms with Gasteiger partial charge in [0.2, 0.25) is 0 Å². The van der Waals surface area contributed by atoms with E-state index < -0.39 is 0 Å². The molecule has 0 aliphatic carbocycles. The molecule has 0 atom stereocenters. The normalized spacial score (nSPS) is 14.9. The van der Waals surface area contributed by atoms with E-state index in [0.717, 1.165) is 47.5 Å². The van der Waals surface area contributed by atoms with Crippen LogP contribution in [-0.2, 0) is 0 Å². The molecule has 0 bridgehead atoms. The van der Waals surface area contributed by atoms with Crippen molar-refractivity contribution < 1.29 is 0 Å². The molecule has 1 fully saturated rings. The summed E-state index contributed by atoms with van der Waals surface area (Å²) in [5, 5.41) is 9.33. The quantitative estimate of drug-likeness (QED) is 0.584. The lowest BCUT2D eigenvalue weighted by molar-refractivity contribution is 0.468. The number of hydrogen-bond donors (Lipinski definition) is 2. The van der Waals surface area contributed by atoms with E-state index in [-0.39, 0.29) is 0 Å². The molecule has 1 saturated heterocycles. The number of pyridine rings is 1. The minimum Gasteiger partial charge on any atom is -0.371 e. The molecule has 4 nitrogen and oxygen atoms in total. The number of piperidine rings is 1. The van der Waals surface area contributed by atoms with Crippen molar-refractivity contribution in [3.05, 3.63) is 65.3 Å². The molecule has 6 heteroatoms. The van der Waals surface area contributed by atoms with E-state index in [1.54, 1.807) is 0 Å². The topological polar surface area (TPSA) is 40.2 Å². The lowest BCUT2D eigenvalue weighted by Crippen LogP contribution is -2.46. The van der Waals surface area contributed by atoms with Gasteiger partial charge in [0, 0.05) is 47.1 Å². The predicted molar refractivity (Wildman–Crippen MR) is 123 cm³/mol. The van der Waals surface area contributed by atoms with Crippen LogP contribution in [0.4, 0.5) is 11.4 Å². The number of hydrogen-bond acceptors (Lipinski definition) is 3. The minimum absolute atomic E-state index is 0.372. The van der Waals surface area contributed by atoms with Crippen LogP contribution in [0.2, 0.25) is 5.02 Å². The highest BCUT2D eigenvalue weighted by molar-refractivity contribution is 7.80. The van der Waals surface area contributed by atoms with Gasteiger partial charge < -0.3 is 15.5 Å². The van der Waals surface area contributed by atoms with Crippen LogP contribution < -0.4 is 15.5 Å². The molecule has 1 aliphatic rings. The third-order valence-electron chi connectivity index (χ3n) is 5.24. The van der Waals surface area contributed by atoms with E-state index in [9.17, 15) is 0 Å². The third-order valence-corrected chi connectivity index (χ3v) is 5.70. The van der Waals surface area contributed by atoms with Crippen LogP contribution in [0, 0.1) is 6.92 Å². The fraction of sp³-hybridized carbons (Fsp3) is 0.273. The summed E-state index contributed by atoms with van der Waals surface area (Å²) in [6.07, 6.45) is 3.93. The fourth-order valence-electron chi connectivity index (χ4n) is 3.70. The summed E-state index contributed by atoms with van der Waals surface area (Å²) in [4.78, 5) is 6.87. The van der Waals surface area contributed by atoms with Gasteiger partial charge in [-0.2, -0.15) is 0 Å². The van der Waals surface area contributed by atoms with Gasteiger partial charge in [-0.3, -0.25) is 4.98 Å². The molecule has 0 saturated carbocycles. The van der Waals surface area contributed by atoms with Gasteiger partial charge in [-0.15, -0.1) is 0 Å². The molecule has 0 unspecified atom stereocenters. The van der Waals surface area contributed by atoms with Crippen molar-refractivity contribution in [3.63, 3.8) is 0 Å². The maximum Gasteiger partial charge on any atom is 0.171 e. The van der Waals surface area contributed by atoms with Crippen molar-refractivity contribution in [1.82, 2.24) is 10.3 Å². The highest BCUT2D eigenvalue weighted by Gasteiger charge is 2.21. The number of para-hydroxylation sites is 1. The van der Waals surface area contributed by atoms with Gasteiger partial charge in [0.05, 0.1) is 5.52 Å². The highest BCUT2D eigenvalue weighted by atomic mass is 35.5. The van der Waals surface area contributed by atoms with Gasteiger partial charge in [0.15, 0.2) is 5.11 Å². The first-order chi connectivity index (χ1) is 13.6. The monoisotopic (exact) mass is 410 g/mol. The van der Waals surface area contributed by atoms with Crippen molar-refractivity contribution in [3.8, 4) is 0 Å². The van der Waals surface area contributed by atoms with Gasteiger partial charge in [0.1, 0.15) is 0 Å². The number of thiocarbonyl (C=S) groups is 1. The number of aryl methyl sites for hydroxylation is 1. The minimum atomic E-state index is 0.372. The number of rotatable bonds is 3. The Labute approximate surface area is 175 Å². The lowest BCUT2D eigenvalue weighted by atomic mass is 10.0. The van der Waals surface area contributed by atoms with Gasteiger partial charge in [-0.05, 0) is 67.9 Å². The molecule has 2 aromatic carbocycles. The van der Waals surface area contributed by atoms with Crippen LogP contribution in [0.3, 0.4) is 0 Å². The Hall–Kier alpha value is -2.37. The summed E-state index contributed by atoms with van der Waals surface area (Å²) in [5.74, 6) is 0. The Balaban J connectivity index is 1.38.